The van der Waals surface area contributed by atoms with E-state index in [0.29, 0.717) is 0 Å². The summed E-state index contributed by atoms with van der Waals surface area (Å²) in [7, 11) is 0. The fourth-order valence-corrected chi connectivity index (χ4v) is 6.68. The average molecular weight is 523 g/mol. The number of thiophene rings is 1. The Labute approximate surface area is 232 Å². The molecule has 0 saturated carbocycles. The minimum Gasteiger partial charge on any atom is -0.370 e. The minimum atomic E-state index is 1.17. The van der Waals surface area contributed by atoms with Gasteiger partial charge in [-0.3, -0.25) is 0 Å². The molecule has 37 heavy (non-hydrogen) atoms. The lowest BCUT2D eigenvalue weighted by Crippen LogP contribution is -2.31. The van der Waals surface area contributed by atoms with Gasteiger partial charge in [0.2, 0.25) is 0 Å². The summed E-state index contributed by atoms with van der Waals surface area (Å²) in [4.78, 5) is 5.52. The Balaban J connectivity index is 2.14. The van der Waals surface area contributed by atoms with Gasteiger partial charge >= 0.3 is 0 Å². The molecular weight excluding hydrogens is 468 g/mol. The van der Waals surface area contributed by atoms with Crippen LogP contribution in [0.2, 0.25) is 0 Å². The molecule has 1 heterocycles. The summed E-state index contributed by atoms with van der Waals surface area (Å²) in [5.41, 5.74) is 5.79. The Bertz CT molecular complexity index is 1060. The van der Waals surface area contributed by atoms with E-state index in [1.54, 1.807) is 0 Å². The lowest BCUT2D eigenvalue weighted by Gasteiger charge is -2.33. The smallest absolute Gasteiger partial charge is 0.0618 e. The van der Waals surface area contributed by atoms with Crippen LogP contribution in [-0.4, -0.2) is 26.2 Å². The van der Waals surface area contributed by atoms with Crippen LogP contribution in [0.5, 0.6) is 0 Å². The number of nitrogens with zero attached hydrogens (tertiary/aromatic N) is 2. The highest BCUT2D eigenvalue weighted by Crippen LogP contribution is 2.42. The summed E-state index contributed by atoms with van der Waals surface area (Å²) in [5.74, 6) is 0. The van der Waals surface area contributed by atoms with Gasteiger partial charge in [-0.15, -0.1) is 11.3 Å². The van der Waals surface area contributed by atoms with Crippen LogP contribution in [0.15, 0.2) is 24.3 Å². The number of fused-ring (bicyclic) bond motifs is 3. The molecule has 0 aliphatic heterocycles. The van der Waals surface area contributed by atoms with Crippen LogP contribution in [0, 0.1) is 13.8 Å². The molecule has 0 amide bonds. The number of hydrogen-bond acceptors (Lipinski definition) is 3. The molecule has 0 atom stereocenters. The molecule has 0 bridgehead atoms. The summed E-state index contributed by atoms with van der Waals surface area (Å²) in [6.07, 6.45) is 15.5. The van der Waals surface area contributed by atoms with Gasteiger partial charge in [0.15, 0.2) is 0 Å². The van der Waals surface area contributed by atoms with Crippen molar-refractivity contribution in [1.29, 1.82) is 0 Å². The molecule has 206 valence electrons. The van der Waals surface area contributed by atoms with Crippen LogP contribution < -0.4 is 9.80 Å². The lowest BCUT2D eigenvalue weighted by molar-refractivity contribution is 0.625. The number of anilines is 2. The van der Waals surface area contributed by atoms with E-state index in [-0.39, 0.29) is 0 Å². The van der Waals surface area contributed by atoms with Gasteiger partial charge in [0, 0.05) is 46.4 Å². The molecule has 1 aromatic heterocycles. The van der Waals surface area contributed by atoms with Crippen LogP contribution in [0.1, 0.15) is 116 Å². The van der Waals surface area contributed by atoms with Crippen LogP contribution in [0.25, 0.3) is 20.2 Å². The number of benzene rings is 2. The fourth-order valence-electron chi connectivity index (χ4n) is 5.48. The van der Waals surface area contributed by atoms with Gasteiger partial charge in [0.25, 0.3) is 0 Å². The van der Waals surface area contributed by atoms with Crippen molar-refractivity contribution in [2.45, 2.75) is 119 Å². The Morgan fingerprint density at radius 3 is 1.32 bits per heavy atom. The van der Waals surface area contributed by atoms with Crippen molar-refractivity contribution in [1.82, 2.24) is 0 Å². The maximum absolute atomic E-state index is 2.76. The lowest BCUT2D eigenvalue weighted by atomic mass is 10.0. The molecule has 0 radical (unpaired) electrons. The maximum atomic E-state index is 2.76. The van der Waals surface area contributed by atoms with Crippen molar-refractivity contribution < 1.29 is 0 Å². The van der Waals surface area contributed by atoms with Crippen molar-refractivity contribution in [3.8, 4) is 0 Å². The van der Waals surface area contributed by atoms with Crippen LogP contribution in [0.4, 0.5) is 11.4 Å². The number of hydrogen-bond donors (Lipinski definition) is 0. The van der Waals surface area contributed by atoms with Crippen LogP contribution in [0.3, 0.4) is 0 Å². The van der Waals surface area contributed by atoms with Gasteiger partial charge in [-0.05, 0) is 74.9 Å². The van der Waals surface area contributed by atoms with Crippen molar-refractivity contribution in [2.75, 3.05) is 36.0 Å². The summed E-state index contributed by atoms with van der Waals surface area (Å²) < 4.78 is 2.89. The van der Waals surface area contributed by atoms with E-state index in [1.165, 1.54) is 146 Å². The number of aryl methyl sites for hydroxylation is 2. The third-order valence-corrected chi connectivity index (χ3v) is 9.11. The summed E-state index contributed by atoms with van der Waals surface area (Å²) in [5, 5.41) is 2.90. The minimum absolute atomic E-state index is 1.17. The highest BCUT2D eigenvalue weighted by atomic mass is 32.1. The van der Waals surface area contributed by atoms with E-state index in [4.69, 9.17) is 0 Å². The molecule has 3 heteroatoms. The predicted molar refractivity (Wildman–Crippen MR) is 171 cm³/mol. The molecule has 0 fully saturated rings. The zero-order valence-corrected chi connectivity index (χ0v) is 25.7. The van der Waals surface area contributed by atoms with Crippen molar-refractivity contribution in [2.24, 2.45) is 0 Å². The topological polar surface area (TPSA) is 6.48 Å². The first-order chi connectivity index (χ1) is 18.0. The number of unbranched alkanes of at least 4 members (excludes halogenated alkanes) is 8. The molecule has 2 aromatic carbocycles. The maximum Gasteiger partial charge on any atom is 0.0618 e. The molecular formula is C34H54N2S. The third-order valence-electron chi connectivity index (χ3n) is 7.99. The molecule has 2 nitrogen and oxygen atoms in total. The van der Waals surface area contributed by atoms with E-state index in [0.717, 1.165) is 0 Å². The summed E-state index contributed by atoms with van der Waals surface area (Å²) in [6.45, 7) is 18.5. The molecule has 0 unspecified atom stereocenters. The molecule has 3 rings (SSSR count). The largest absolute Gasteiger partial charge is 0.370 e. The second kappa shape index (κ2) is 15.6. The predicted octanol–water partition coefficient (Wildman–Crippen LogP) is 11.0. The van der Waals surface area contributed by atoms with Crippen LogP contribution >= 0.6 is 11.3 Å². The van der Waals surface area contributed by atoms with Gasteiger partial charge in [0.05, 0.1) is 11.4 Å². The molecule has 3 aromatic rings. The summed E-state index contributed by atoms with van der Waals surface area (Å²) in [6, 6.07) is 10.0. The Morgan fingerprint density at radius 2 is 0.865 bits per heavy atom. The SMILES string of the molecule is CCCCCN(CCCCC)c1cc2sc3cc(C)c(C)cc3c2cc1N(CCCCC)CCCCC. The molecule has 0 spiro atoms. The monoisotopic (exact) mass is 522 g/mol. The second-order valence-corrected chi connectivity index (χ2v) is 12.3. The summed E-state index contributed by atoms with van der Waals surface area (Å²) >= 11 is 1.99. The number of rotatable bonds is 18. The quantitative estimate of drug-likeness (QED) is 0.153. The third kappa shape index (κ3) is 8.12. The van der Waals surface area contributed by atoms with E-state index >= 15 is 0 Å². The Morgan fingerprint density at radius 1 is 0.486 bits per heavy atom. The van der Waals surface area contributed by atoms with E-state index < -0.39 is 0 Å². The normalized spacial score (nSPS) is 11.6. The van der Waals surface area contributed by atoms with Crippen molar-refractivity contribution in [3.63, 3.8) is 0 Å². The van der Waals surface area contributed by atoms with Crippen molar-refractivity contribution >= 4 is 42.9 Å². The average Bonchev–Trinajstić information content (AvgIpc) is 3.23. The Hall–Kier alpha value is -1.74. The van der Waals surface area contributed by atoms with E-state index in [9.17, 15) is 0 Å². The first-order valence-electron chi connectivity index (χ1n) is 15.5. The highest BCUT2D eigenvalue weighted by molar-refractivity contribution is 7.25. The molecule has 0 N–H and O–H groups in total. The van der Waals surface area contributed by atoms with E-state index in [2.05, 4.69) is 75.6 Å². The van der Waals surface area contributed by atoms with Gasteiger partial charge < -0.3 is 9.80 Å². The first-order valence-corrected chi connectivity index (χ1v) is 16.3. The standard InChI is InChI=1S/C34H54N2S/c1-7-11-15-19-35(20-16-12-8-2)31-25-30-29-23-27(5)28(6)24-33(29)37-34(30)26-32(31)36(21-17-13-9-3)22-18-14-10-4/h23-26H,7-22H2,1-6H3. The second-order valence-electron chi connectivity index (χ2n) is 11.2. The van der Waals surface area contributed by atoms with Crippen LogP contribution in [-0.2, 0) is 0 Å². The Kier molecular flexibility index (Phi) is 12.6. The highest BCUT2D eigenvalue weighted by Gasteiger charge is 2.20. The molecule has 0 aliphatic carbocycles. The van der Waals surface area contributed by atoms with E-state index in [1.807, 2.05) is 11.3 Å². The first kappa shape index (κ1) is 29.8. The molecule has 0 aliphatic rings. The fraction of sp³-hybridized carbons (Fsp3) is 0.647. The van der Waals surface area contributed by atoms with Gasteiger partial charge in [-0.1, -0.05) is 79.1 Å². The van der Waals surface area contributed by atoms with Crippen molar-refractivity contribution in [3.05, 3.63) is 35.4 Å². The van der Waals surface area contributed by atoms with Gasteiger partial charge in [-0.25, -0.2) is 0 Å². The zero-order chi connectivity index (χ0) is 26.6. The van der Waals surface area contributed by atoms with Gasteiger partial charge in [0.1, 0.15) is 0 Å². The molecule has 0 saturated heterocycles. The zero-order valence-electron chi connectivity index (χ0n) is 24.9. The van der Waals surface area contributed by atoms with Gasteiger partial charge in [-0.2, -0.15) is 0 Å².